The SMILES string of the molecule is CN(C)c1ccc(NCc2cccc3c2OCCCO3)cn1. The van der Waals surface area contributed by atoms with Gasteiger partial charge in [-0.15, -0.1) is 0 Å². The van der Waals surface area contributed by atoms with Gasteiger partial charge in [-0.25, -0.2) is 4.98 Å². The molecular formula is C17H21N3O2. The van der Waals surface area contributed by atoms with Gasteiger partial charge >= 0.3 is 0 Å². The second-order valence-electron chi connectivity index (χ2n) is 5.45. The monoisotopic (exact) mass is 299 g/mol. The highest BCUT2D eigenvalue weighted by Crippen LogP contribution is 2.33. The minimum absolute atomic E-state index is 0.676. The van der Waals surface area contributed by atoms with Crippen LogP contribution in [0, 0.1) is 0 Å². The van der Waals surface area contributed by atoms with Crippen molar-refractivity contribution < 1.29 is 9.47 Å². The maximum Gasteiger partial charge on any atom is 0.166 e. The van der Waals surface area contributed by atoms with Gasteiger partial charge in [-0.05, 0) is 18.2 Å². The molecule has 0 radical (unpaired) electrons. The van der Waals surface area contributed by atoms with E-state index in [0.29, 0.717) is 19.8 Å². The standard InChI is InChI=1S/C17H21N3O2/c1-20(2)16-8-7-14(12-19-16)18-11-13-5-3-6-15-17(13)22-10-4-9-21-15/h3,5-8,12,18H,4,9-11H2,1-2H3. The van der Waals surface area contributed by atoms with E-state index in [1.54, 1.807) is 0 Å². The fraction of sp³-hybridized carbons (Fsp3) is 0.353. The Hall–Kier alpha value is -2.43. The maximum absolute atomic E-state index is 5.83. The molecule has 1 aliphatic heterocycles. The molecule has 22 heavy (non-hydrogen) atoms. The van der Waals surface area contributed by atoms with E-state index in [-0.39, 0.29) is 0 Å². The van der Waals surface area contributed by atoms with Crippen LogP contribution in [0.3, 0.4) is 0 Å². The van der Waals surface area contributed by atoms with Gasteiger partial charge in [0, 0.05) is 32.6 Å². The Bertz CT molecular complexity index is 626. The Morgan fingerprint density at radius 2 is 2.00 bits per heavy atom. The third-order valence-corrected chi connectivity index (χ3v) is 3.54. The molecule has 1 aromatic carbocycles. The average molecular weight is 299 g/mol. The van der Waals surface area contributed by atoms with E-state index in [4.69, 9.17) is 9.47 Å². The quantitative estimate of drug-likeness (QED) is 0.940. The summed E-state index contributed by atoms with van der Waals surface area (Å²) in [6.07, 6.45) is 2.76. The number of nitrogens with zero attached hydrogens (tertiary/aromatic N) is 2. The lowest BCUT2D eigenvalue weighted by Gasteiger charge is -2.14. The zero-order valence-electron chi connectivity index (χ0n) is 13.0. The third kappa shape index (κ3) is 3.24. The normalized spacial score (nSPS) is 13.4. The average Bonchev–Trinajstić information content (AvgIpc) is 2.79. The summed E-state index contributed by atoms with van der Waals surface area (Å²) in [7, 11) is 3.96. The third-order valence-electron chi connectivity index (χ3n) is 3.54. The number of benzene rings is 1. The van der Waals surface area contributed by atoms with Crippen molar-refractivity contribution in [2.45, 2.75) is 13.0 Å². The van der Waals surface area contributed by atoms with Crippen LogP contribution in [0.2, 0.25) is 0 Å². The number of aromatic nitrogens is 1. The van der Waals surface area contributed by atoms with Crippen molar-refractivity contribution in [1.29, 1.82) is 0 Å². The Labute approximate surface area is 130 Å². The molecule has 0 fully saturated rings. The topological polar surface area (TPSA) is 46.6 Å². The molecule has 0 atom stereocenters. The van der Waals surface area contributed by atoms with Gasteiger partial charge in [-0.1, -0.05) is 12.1 Å². The van der Waals surface area contributed by atoms with Gasteiger partial charge in [0.05, 0.1) is 25.1 Å². The van der Waals surface area contributed by atoms with E-state index < -0.39 is 0 Å². The van der Waals surface area contributed by atoms with E-state index in [9.17, 15) is 0 Å². The molecule has 2 aromatic rings. The Morgan fingerprint density at radius 3 is 2.77 bits per heavy atom. The molecule has 2 heterocycles. The molecule has 5 nitrogen and oxygen atoms in total. The molecule has 1 aromatic heterocycles. The van der Waals surface area contributed by atoms with Crippen LogP contribution in [0.25, 0.3) is 0 Å². The zero-order chi connectivity index (χ0) is 15.4. The van der Waals surface area contributed by atoms with Crippen LogP contribution in [0.1, 0.15) is 12.0 Å². The van der Waals surface area contributed by atoms with Gasteiger partial charge in [-0.2, -0.15) is 0 Å². The number of para-hydroxylation sites is 1. The van der Waals surface area contributed by atoms with E-state index in [1.165, 1.54) is 0 Å². The summed E-state index contributed by atoms with van der Waals surface area (Å²) in [5, 5.41) is 3.38. The molecule has 116 valence electrons. The van der Waals surface area contributed by atoms with Crippen LogP contribution in [0.5, 0.6) is 11.5 Å². The van der Waals surface area contributed by atoms with E-state index in [2.05, 4.69) is 16.4 Å². The van der Waals surface area contributed by atoms with Crippen molar-refractivity contribution in [3.8, 4) is 11.5 Å². The van der Waals surface area contributed by atoms with Crippen LogP contribution in [0.15, 0.2) is 36.5 Å². The maximum atomic E-state index is 5.83. The van der Waals surface area contributed by atoms with Gasteiger partial charge in [0.15, 0.2) is 11.5 Å². The van der Waals surface area contributed by atoms with Crippen molar-refractivity contribution >= 4 is 11.5 Å². The highest BCUT2D eigenvalue weighted by atomic mass is 16.5. The molecule has 0 unspecified atom stereocenters. The number of hydrogen-bond donors (Lipinski definition) is 1. The first kappa shape index (κ1) is 14.5. The van der Waals surface area contributed by atoms with Crippen molar-refractivity contribution in [3.63, 3.8) is 0 Å². The van der Waals surface area contributed by atoms with Gasteiger partial charge in [0.2, 0.25) is 0 Å². The Balaban J connectivity index is 1.71. The Morgan fingerprint density at radius 1 is 1.14 bits per heavy atom. The summed E-state index contributed by atoms with van der Waals surface area (Å²) < 4.78 is 11.5. The molecule has 3 rings (SSSR count). The van der Waals surface area contributed by atoms with Gasteiger partial charge in [0.1, 0.15) is 5.82 Å². The van der Waals surface area contributed by atoms with Gasteiger partial charge in [-0.3, -0.25) is 0 Å². The van der Waals surface area contributed by atoms with Crippen LogP contribution < -0.4 is 19.7 Å². The van der Waals surface area contributed by atoms with E-state index >= 15 is 0 Å². The summed E-state index contributed by atoms with van der Waals surface area (Å²) in [4.78, 5) is 6.38. The number of anilines is 2. The molecular weight excluding hydrogens is 278 g/mol. The van der Waals surface area contributed by atoms with Crippen molar-refractivity contribution in [2.75, 3.05) is 37.5 Å². The first-order chi connectivity index (χ1) is 10.7. The molecule has 0 bridgehead atoms. The molecule has 0 aliphatic carbocycles. The zero-order valence-corrected chi connectivity index (χ0v) is 13.0. The number of pyridine rings is 1. The molecule has 0 saturated carbocycles. The van der Waals surface area contributed by atoms with Crippen molar-refractivity contribution in [3.05, 3.63) is 42.1 Å². The molecule has 0 saturated heterocycles. The fourth-order valence-electron chi connectivity index (χ4n) is 2.35. The number of ether oxygens (including phenoxy) is 2. The number of fused-ring (bicyclic) bond motifs is 1. The predicted molar refractivity (Wildman–Crippen MR) is 87.9 cm³/mol. The van der Waals surface area contributed by atoms with Gasteiger partial charge < -0.3 is 19.7 Å². The fourth-order valence-corrected chi connectivity index (χ4v) is 2.35. The van der Waals surface area contributed by atoms with Crippen LogP contribution in [0.4, 0.5) is 11.5 Å². The second-order valence-corrected chi connectivity index (χ2v) is 5.45. The molecule has 1 aliphatic rings. The van der Waals surface area contributed by atoms with Gasteiger partial charge in [0.25, 0.3) is 0 Å². The molecule has 5 heteroatoms. The summed E-state index contributed by atoms with van der Waals surface area (Å²) in [5.41, 5.74) is 2.08. The van der Waals surface area contributed by atoms with Crippen molar-refractivity contribution in [2.24, 2.45) is 0 Å². The summed E-state index contributed by atoms with van der Waals surface area (Å²) >= 11 is 0. The summed E-state index contributed by atoms with van der Waals surface area (Å²) in [6.45, 7) is 2.08. The largest absolute Gasteiger partial charge is 0.490 e. The summed E-state index contributed by atoms with van der Waals surface area (Å²) in [5.74, 6) is 2.62. The van der Waals surface area contributed by atoms with Crippen LogP contribution >= 0.6 is 0 Å². The summed E-state index contributed by atoms with van der Waals surface area (Å²) in [6, 6.07) is 10.0. The number of nitrogens with one attached hydrogen (secondary N) is 1. The highest BCUT2D eigenvalue weighted by molar-refractivity contribution is 5.51. The van der Waals surface area contributed by atoms with Crippen LogP contribution in [-0.4, -0.2) is 32.3 Å². The Kier molecular flexibility index (Phi) is 4.32. The molecule has 0 spiro atoms. The second kappa shape index (κ2) is 6.56. The highest BCUT2D eigenvalue weighted by Gasteiger charge is 2.14. The van der Waals surface area contributed by atoms with Crippen LogP contribution in [-0.2, 0) is 6.54 Å². The lowest BCUT2D eigenvalue weighted by Crippen LogP contribution is -2.10. The first-order valence-corrected chi connectivity index (χ1v) is 7.49. The predicted octanol–water partition coefficient (Wildman–Crippen LogP) is 2.92. The lowest BCUT2D eigenvalue weighted by atomic mass is 10.2. The molecule has 0 amide bonds. The van der Waals surface area contributed by atoms with E-state index in [1.807, 2.05) is 49.5 Å². The minimum atomic E-state index is 0.676. The number of rotatable bonds is 4. The molecule has 1 N–H and O–H groups in total. The number of hydrogen-bond acceptors (Lipinski definition) is 5. The minimum Gasteiger partial charge on any atom is -0.490 e. The smallest absolute Gasteiger partial charge is 0.166 e. The first-order valence-electron chi connectivity index (χ1n) is 7.49. The van der Waals surface area contributed by atoms with E-state index in [0.717, 1.165) is 35.0 Å². The lowest BCUT2D eigenvalue weighted by molar-refractivity contribution is 0.296. The van der Waals surface area contributed by atoms with Crippen molar-refractivity contribution in [1.82, 2.24) is 4.98 Å².